The highest BCUT2D eigenvalue weighted by molar-refractivity contribution is 14.0. The topological polar surface area (TPSA) is 50.4 Å². The van der Waals surface area contributed by atoms with Crippen molar-refractivity contribution in [1.29, 1.82) is 0 Å². The van der Waals surface area contributed by atoms with Crippen molar-refractivity contribution in [2.75, 3.05) is 5.32 Å². The van der Waals surface area contributed by atoms with Crippen LogP contribution in [0.2, 0.25) is 0 Å². The van der Waals surface area contributed by atoms with Gasteiger partial charge in [-0.15, -0.1) is 24.0 Å². The maximum absolute atomic E-state index is 12.5. The molecule has 0 aliphatic heterocycles. The number of halogens is 3. The monoisotopic (exact) mass is 353 g/mol. The van der Waals surface area contributed by atoms with Crippen molar-refractivity contribution in [2.24, 2.45) is 10.7 Å². The molecule has 17 heavy (non-hydrogen) atoms. The van der Waals surface area contributed by atoms with Gasteiger partial charge in [-0.1, -0.05) is 18.2 Å². The molecular weight excluding hydrogens is 339 g/mol. The van der Waals surface area contributed by atoms with Crippen LogP contribution in [-0.2, 0) is 0 Å². The Bertz CT molecular complexity index is 387. The Kier molecular flexibility index (Phi) is 4.67. The zero-order chi connectivity index (χ0) is 11.6. The first-order valence-corrected chi connectivity index (χ1v) is 5.08. The average Bonchev–Trinajstić information content (AvgIpc) is 2.16. The summed E-state index contributed by atoms with van der Waals surface area (Å²) in [6, 6.07) is 8.90. The van der Waals surface area contributed by atoms with Gasteiger partial charge in [0.1, 0.15) is 0 Å². The highest BCUT2D eigenvalue weighted by Crippen LogP contribution is 2.39. The lowest BCUT2D eigenvalue weighted by molar-refractivity contribution is -0.0834. The van der Waals surface area contributed by atoms with Gasteiger partial charge < -0.3 is 11.1 Å². The molecule has 0 aromatic heterocycles. The third-order valence-corrected chi connectivity index (χ3v) is 2.44. The highest BCUT2D eigenvalue weighted by atomic mass is 127. The van der Waals surface area contributed by atoms with Gasteiger partial charge >= 0.3 is 0 Å². The molecule has 1 aliphatic rings. The van der Waals surface area contributed by atoms with Gasteiger partial charge in [-0.05, 0) is 12.1 Å². The number of hydrogen-bond donors (Lipinski definition) is 2. The average molecular weight is 353 g/mol. The van der Waals surface area contributed by atoms with Crippen LogP contribution < -0.4 is 11.1 Å². The molecule has 0 amide bonds. The van der Waals surface area contributed by atoms with Crippen LogP contribution in [0.4, 0.5) is 14.5 Å². The van der Waals surface area contributed by atoms with Crippen molar-refractivity contribution in [3.63, 3.8) is 0 Å². The Labute approximate surface area is 116 Å². The normalized spacial score (nSPS) is 19.1. The van der Waals surface area contributed by atoms with Crippen LogP contribution in [-0.4, -0.2) is 17.9 Å². The molecule has 0 heterocycles. The fourth-order valence-electron chi connectivity index (χ4n) is 1.62. The van der Waals surface area contributed by atoms with Gasteiger partial charge in [-0.2, -0.15) is 0 Å². The van der Waals surface area contributed by atoms with E-state index in [0.29, 0.717) is 0 Å². The predicted octanol–water partition coefficient (Wildman–Crippen LogP) is 2.83. The molecule has 0 unspecified atom stereocenters. The van der Waals surface area contributed by atoms with Crippen molar-refractivity contribution in [1.82, 2.24) is 0 Å². The van der Waals surface area contributed by atoms with E-state index in [4.69, 9.17) is 5.73 Å². The molecule has 0 atom stereocenters. The lowest BCUT2D eigenvalue weighted by Crippen LogP contribution is -2.40. The summed E-state index contributed by atoms with van der Waals surface area (Å²) in [5.41, 5.74) is 6.40. The molecular formula is C11H14F2IN3. The molecule has 6 heteroatoms. The Hall–Kier alpha value is -0.920. The third-order valence-electron chi connectivity index (χ3n) is 2.44. The Morgan fingerprint density at radius 1 is 1.29 bits per heavy atom. The van der Waals surface area contributed by atoms with Gasteiger partial charge in [-0.3, -0.25) is 0 Å². The number of hydrogen-bond acceptors (Lipinski definition) is 1. The molecule has 1 aromatic carbocycles. The lowest BCUT2D eigenvalue weighted by atomic mass is 9.89. The number of nitrogens with zero attached hydrogens (tertiary/aromatic N) is 1. The first kappa shape index (κ1) is 14.1. The second-order valence-corrected chi connectivity index (χ2v) is 3.92. The van der Waals surface area contributed by atoms with E-state index in [1.165, 1.54) is 0 Å². The van der Waals surface area contributed by atoms with Crippen LogP contribution in [0.5, 0.6) is 0 Å². The number of aliphatic imine (C=N–C) groups is 1. The Morgan fingerprint density at radius 2 is 1.88 bits per heavy atom. The van der Waals surface area contributed by atoms with Crippen molar-refractivity contribution in [3.05, 3.63) is 30.3 Å². The number of anilines is 1. The SMILES string of the molecule is I.NC(=NC1CC(F)(F)C1)Nc1ccccc1. The molecule has 2 rings (SSSR count). The number of guanidine groups is 1. The second kappa shape index (κ2) is 5.61. The summed E-state index contributed by atoms with van der Waals surface area (Å²) < 4.78 is 25.1. The van der Waals surface area contributed by atoms with Gasteiger partial charge in [0.15, 0.2) is 5.96 Å². The number of rotatable bonds is 2. The smallest absolute Gasteiger partial charge is 0.252 e. The van der Waals surface area contributed by atoms with Gasteiger partial charge in [-0.25, -0.2) is 13.8 Å². The summed E-state index contributed by atoms with van der Waals surface area (Å²) in [4.78, 5) is 3.98. The fourth-order valence-corrected chi connectivity index (χ4v) is 1.62. The molecule has 1 fully saturated rings. The summed E-state index contributed by atoms with van der Waals surface area (Å²) in [6.07, 6.45) is -0.408. The molecule has 1 aromatic rings. The largest absolute Gasteiger partial charge is 0.370 e. The van der Waals surface area contributed by atoms with Crippen LogP contribution in [0.3, 0.4) is 0 Å². The molecule has 3 nitrogen and oxygen atoms in total. The molecule has 0 bridgehead atoms. The quantitative estimate of drug-likeness (QED) is 0.488. The van der Waals surface area contributed by atoms with Crippen molar-refractivity contribution < 1.29 is 8.78 Å². The first-order valence-electron chi connectivity index (χ1n) is 5.08. The van der Waals surface area contributed by atoms with Crippen LogP contribution in [0, 0.1) is 0 Å². The number of alkyl halides is 2. The summed E-state index contributed by atoms with van der Waals surface area (Å²) in [7, 11) is 0. The van der Waals surface area contributed by atoms with Crippen LogP contribution in [0.25, 0.3) is 0 Å². The van der Waals surface area contributed by atoms with Gasteiger partial charge in [0.05, 0.1) is 6.04 Å². The number of nitrogens with one attached hydrogen (secondary N) is 1. The molecule has 0 radical (unpaired) electrons. The molecule has 94 valence electrons. The predicted molar refractivity (Wildman–Crippen MR) is 75.1 cm³/mol. The van der Waals surface area contributed by atoms with Gasteiger partial charge in [0.25, 0.3) is 5.92 Å². The number of benzene rings is 1. The summed E-state index contributed by atoms with van der Waals surface area (Å²) in [5, 5.41) is 2.85. The van der Waals surface area contributed by atoms with Gasteiger partial charge in [0.2, 0.25) is 0 Å². The Balaban J connectivity index is 0.00000144. The highest BCUT2D eigenvalue weighted by Gasteiger charge is 2.45. The lowest BCUT2D eigenvalue weighted by Gasteiger charge is -2.32. The van der Waals surface area contributed by atoms with E-state index < -0.39 is 5.92 Å². The summed E-state index contributed by atoms with van der Waals surface area (Å²) in [5.74, 6) is -2.37. The Morgan fingerprint density at radius 3 is 2.41 bits per heavy atom. The van der Waals surface area contributed by atoms with Crippen LogP contribution in [0.15, 0.2) is 35.3 Å². The van der Waals surface area contributed by atoms with E-state index in [1.807, 2.05) is 30.3 Å². The summed E-state index contributed by atoms with van der Waals surface area (Å²) in [6.45, 7) is 0. The first-order chi connectivity index (χ1) is 7.55. The number of para-hydroxylation sites is 1. The van der Waals surface area contributed by atoms with Crippen LogP contribution >= 0.6 is 24.0 Å². The molecule has 1 saturated carbocycles. The maximum Gasteiger partial charge on any atom is 0.252 e. The molecule has 0 spiro atoms. The standard InChI is InChI=1S/C11H13F2N3.HI/c12-11(13)6-9(7-11)16-10(14)15-8-4-2-1-3-5-8;/h1-5,9H,6-7H2,(H3,14,15,16);1H. The molecule has 3 N–H and O–H groups in total. The van der Waals surface area contributed by atoms with E-state index in [2.05, 4.69) is 10.3 Å². The van der Waals surface area contributed by atoms with E-state index in [0.717, 1.165) is 5.69 Å². The van der Waals surface area contributed by atoms with E-state index >= 15 is 0 Å². The van der Waals surface area contributed by atoms with Crippen molar-refractivity contribution >= 4 is 35.6 Å². The minimum Gasteiger partial charge on any atom is -0.370 e. The van der Waals surface area contributed by atoms with E-state index in [-0.39, 0.29) is 48.8 Å². The molecule has 0 saturated heterocycles. The minimum atomic E-state index is -2.55. The van der Waals surface area contributed by atoms with Gasteiger partial charge in [0, 0.05) is 18.5 Å². The summed E-state index contributed by atoms with van der Waals surface area (Å²) >= 11 is 0. The fraction of sp³-hybridized carbons (Fsp3) is 0.364. The van der Waals surface area contributed by atoms with Crippen molar-refractivity contribution in [3.8, 4) is 0 Å². The molecule has 1 aliphatic carbocycles. The zero-order valence-corrected chi connectivity index (χ0v) is 11.4. The van der Waals surface area contributed by atoms with Crippen LogP contribution in [0.1, 0.15) is 12.8 Å². The third kappa shape index (κ3) is 4.10. The van der Waals surface area contributed by atoms with E-state index in [9.17, 15) is 8.78 Å². The minimum absolute atomic E-state index is 0. The van der Waals surface area contributed by atoms with E-state index in [1.54, 1.807) is 0 Å². The van der Waals surface area contributed by atoms with Crippen molar-refractivity contribution in [2.45, 2.75) is 24.8 Å². The zero-order valence-electron chi connectivity index (χ0n) is 9.07. The second-order valence-electron chi connectivity index (χ2n) is 3.92. The number of nitrogens with two attached hydrogens (primary N) is 1. The maximum atomic E-state index is 12.5.